The van der Waals surface area contributed by atoms with Crippen molar-refractivity contribution in [1.82, 2.24) is 0 Å². The first-order valence-electron chi connectivity index (χ1n) is 5.77. The first kappa shape index (κ1) is 11.5. The molecule has 92 valence electrons. The Morgan fingerprint density at radius 1 is 1.19 bits per heavy atom. The molecule has 2 aliphatic carbocycles. The molecule has 1 spiro atoms. The first-order chi connectivity index (χ1) is 7.66. The quantitative estimate of drug-likeness (QED) is 0.681. The van der Waals surface area contributed by atoms with Crippen LogP contribution in [0.2, 0.25) is 0 Å². The van der Waals surface area contributed by atoms with Gasteiger partial charge in [-0.25, -0.2) is 0 Å². The Labute approximate surface area is 105 Å². The van der Waals surface area contributed by atoms with Gasteiger partial charge in [0.15, 0.2) is 5.79 Å². The highest BCUT2D eigenvalue weighted by atomic mass is 35.5. The first-order valence-corrected chi connectivity index (χ1v) is 6.65. The Bertz CT molecular complexity index is 287. The number of hydrogen-bond acceptors (Lipinski definition) is 3. The Hall–Kier alpha value is 0.460. The molecule has 0 aromatic rings. The van der Waals surface area contributed by atoms with Crippen LogP contribution in [-0.4, -0.2) is 42.5 Å². The van der Waals surface area contributed by atoms with Gasteiger partial charge in [0.2, 0.25) is 0 Å². The molecule has 1 aliphatic heterocycles. The van der Waals surface area contributed by atoms with Crippen molar-refractivity contribution in [2.24, 2.45) is 5.92 Å². The lowest BCUT2D eigenvalue weighted by Gasteiger charge is -2.63. The van der Waals surface area contributed by atoms with Gasteiger partial charge in [-0.05, 0) is 12.8 Å². The lowest BCUT2D eigenvalue weighted by Crippen LogP contribution is -2.75. The normalized spacial score (nSPS) is 50.1. The van der Waals surface area contributed by atoms with Crippen molar-refractivity contribution in [3.8, 4) is 0 Å². The zero-order valence-corrected chi connectivity index (χ0v) is 10.8. The zero-order valence-electron chi connectivity index (χ0n) is 9.25. The summed E-state index contributed by atoms with van der Waals surface area (Å²) in [5.74, 6) is -0.475. The molecule has 0 aromatic heterocycles. The van der Waals surface area contributed by atoms with Crippen molar-refractivity contribution < 1.29 is 14.2 Å². The highest BCUT2D eigenvalue weighted by Crippen LogP contribution is 2.61. The smallest absolute Gasteiger partial charge is 0.175 e. The Kier molecular flexibility index (Phi) is 2.69. The van der Waals surface area contributed by atoms with E-state index < -0.39 is 5.79 Å². The number of ether oxygens (including phenoxy) is 3. The van der Waals surface area contributed by atoms with Crippen LogP contribution in [0.15, 0.2) is 0 Å². The van der Waals surface area contributed by atoms with Gasteiger partial charge in [0, 0.05) is 13.5 Å². The highest BCUT2D eigenvalue weighted by molar-refractivity contribution is 6.32. The van der Waals surface area contributed by atoms with Crippen molar-refractivity contribution in [3.05, 3.63) is 0 Å². The maximum absolute atomic E-state index is 6.34. The van der Waals surface area contributed by atoms with Crippen molar-refractivity contribution >= 4 is 23.2 Å². The van der Waals surface area contributed by atoms with Gasteiger partial charge < -0.3 is 14.2 Å². The molecule has 16 heavy (non-hydrogen) atoms. The summed E-state index contributed by atoms with van der Waals surface area (Å²) in [6, 6.07) is 0. The molecule has 4 atom stereocenters. The van der Waals surface area contributed by atoms with E-state index in [2.05, 4.69) is 0 Å². The van der Waals surface area contributed by atoms with E-state index in [1.807, 2.05) is 0 Å². The van der Waals surface area contributed by atoms with Gasteiger partial charge in [-0.2, -0.15) is 0 Å². The SMILES string of the molecule is CO[C@]12CCCC3(OCCO3)[C@@H]1[C@H](Cl)[C@@H]2Cl. The Balaban J connectivity index is 1.94. The van der Waals surface area contributed by atoms with E-state index in [0.29, 0.717) is 13.2 Å². The number of methoxy groups -OCH3 is 1. The van der Waals surface area contributed by atoms with E-state index in [0.717, 1.165) is 19.3 Å². The minimum absolute atomic E-state index is 0.0606. The molecule has 3 fully saturated rings. The average molecular weight is 267 g/mol. The van der Waals surface area contributed by atoms with Crippen LogP contribution >= 0.6 is 23.2 Å². The molecule has 0 amide bonds. The van der Waals surface area contributed by atoms with Gasteiger partial charge in [0.05, 0.1) is 35.5 Å². The molecular weight excluding hydrogens is 251 g/mol. The number of hydrogen-bond donors (Lipinski definition) is 0. The maximum Gasteiger partial charge on any atom is 0.175 e. The standard InChI is InChI=1S/C11H16Cl2O3/c1-14-10-3-2-4-11(15-5-6-16-11)8(10)7(12)9(10)13/h7-9H,2-6H2,1H3/t7-,8+,9-,10+/m0/s1. The molecule has 0 bridgehead atoms. The van der Waals surface area contributed by atoms with Gasteiger partial charge in [-0.15, -0.1) is 23.2 Å². The van der Waals surface area contributed by atoms with Crippen LogP contribution in [-0.2, 0) is 14.2 Å². The molecular formula is C11H16Cl2O3. The van der Waals surface area contributed by atoms with Crippen molar-refractivity contribution in [3.63, 3.8) is 0 Å². The third-order valence-corrected chi connectivity index (χ3v) is 5.59. The summed E-state index contributed by atoms with van der Waals surface area (Å²) in [6.45, 7) is 1.29. The number of halogens is 2. The maximum atomic E-state index is 6.34. The third kappa shape index (κ3) is 1.21. The van der Waals surface area contributed by atoms with Gasteiger partial charge in [0.25, 0.3) is 0 Å². The summed E-state index contributed by atoms with van der Waals surface area (Å²) < 4.78 is 17.3. The van der Waals surface area contributed by atoms with E-state index in [-0.39, 0.29) is 22.3 Å². The van der Waals surface area contributed by atoms with E-state index >= 15 is 0 Å². The zero-order chi connectivity index (χ0) is 11.4. The van der Waals surface area contributed by atoms with Crippen LogP contribution in [0.4, 0.5) is 0 Å². The van der Waals surface area contributed by atoms with Crippen LogP contribution in [0.25, 0.3) is 0 Å². The topological polar surface area (TPSA) is 27.7 Å². The molecule has 3 aliphatic rings. The Morgan fingerprint density at radius 2 is 1.88 bits per heavy atom. The second-order valence-corrected chi connectivity index (χ2v) is 5.82. The fraction of sp³-hybridized carbons (Fsp3) is 1.00. The number of fused-ring (bicyclic) bond motifs is 2. The Morgan fingerprint density at radius 3 is 2.50 bits per heavy atom. The molecule has 0 aromatic carbocycles. The van der Waals surface area contributed by atoms with E-state index in [1.54, 1.807) is 7.11 Å². The monoisotopic (exact) mass is 266 g/mol. The average Bonchev–Trinajstić information content (AvgIpc) is 2.76. The lowest BCUT2D eigenvalue weighted by molar-refractivity contribution is -0.297. The molecule has 1 heterocycles. The minimum atomic E-state index is -0.536. The summed E-state index contributed by atoms with van der Waals surface area (Å²) in [5, 5.41) is -0.269. The van der Waals surface area contributed by atoms with Crippen LogP contribution < -0.4 is 0 Å². The molecule has 1 saturated heterocycles. The molecule has 0 radical (unpaired) electrons. The number of rotatable bonds is 1. The van der Waals surface area contributed by atoms with Crippen LogP contribution in [0.1, 0.15) is 19.3 Å². The summed E-state index contributed by atoms with van der Waals surface area (Å²) in [7, 11) is 1.71. The summed E-state index contributed by atoms with van der Waals surface area (Å²) in [4.78, 5) is 0. The van der Waals surface area contributed by atoms with Gasteiger partial charge in [0.1, 0.15) is 0 Å². The molecule has 3 nitrogen and oxygen atoms in total. The predicted molar refractivity (Wildman–Crippen MR) is 61.0 cm³/mol. The van der Waals surface area contributed by atoms with E-state index in [9.17, 15) is 0 Å². The molecule has 2 saturated carbocycles. The lowest BCUT2D eigenvalue weighted by atomic mass is 9.58. The number of alkyl halides is 2. The van der Waals surface area contributed by atoms with Crippen LogP contribution in [0.5, 0.6) is 0 Å². The van der Waals surface area contributed by atoms with E-state index in [4.69, 9.17) is 37.4 Å². The molecule has 0 unspecified atom stereocenters. The van der Waals surface area contributed by atoms with Crippen molar-refractivity contribution in [1.29, 1.82) is 0 Å². The summed E-state index contributed by atoms with van der Waals surface area (Å²) in [6.07, 6.45) is 2.85. The molecule has 3 rings (SSSR count). The largest absolute Gasteiger partial charge is 0.376 e. The molecule has 0 N–H and O–H groups in total. The summed E-state index contributed by atoms with van der Waals surface area (Å²) in [5.41, 5.74) is -0.351. The predicted octanol–water partition coefficient (Wildman–Crippen LogP) is 2.14. The van der Waals surface area contributed by atoms with Gasteiger partial charge in [-0.3, -0.25) is 0 Å². The summed E-state index contributed by atoms with van der Waals surface area (Å²) >= 11 is 12.7. The second kappa shape index (κ2) is 3.72. The van der Waals surface area contributed by atoms with Crippen molar-refractivity contribution in [2.45, 2.75) is 41.4 Å². The highest BCUT2D eigenvalue weighted by Gasteiger charge is 2.72. The van der Waals surface area contributed by atoms with Gasteiger partial charge >= 0.3 is 0 Å². The van der Waals surface area contributed by atoms with Crippen molar-refractivity contribution in [2.75, 3.05) is 20.3 Å². The minimum Gasteiger partial charge on any atom is -0.376 e. The van der Waals surface area contributed by atoms with Crippen LogP contribution in [0.3, 0.4) is 0 Å². The van der Waals surface area contributed by atoms with Gasteiger partial charge in [-0.1, -0.05) is 0 Å². The van der Waals surface area contributed by atoms with E-state index in [1.165, 1.54) is 0 Å². The van der Waals surface area contributed by atoms with Crippen LogP contribution in [0, 0.1) is 5.92 Å². The molecule has 5 heteroatoms. The second-order valence-electron chi connectivity index (χ2n) is 4.85. The fourth-order valence-electron chi connectivity index (χ4n) is 3.57. The fourth-order valence-corrected chi connectivity index (χ4v) is 4.67. The third-order valence-electron chi connectivity index (χ3n) is 4.31.